The van der Waals surface area contributed by atoms with Crippen molar-refractivity contribution in [2.24, 2.45) is 0 Å². The van der Waals surface area contributed by atoms with Gasteiger partial charge in [-0.2, -0.15) is 5.06 Å². The lowest BCUT2D eigenvalue weighted by Crippen LogP contribution is -2.14. The highest BCUT2D eigenvalue weighted by Crippen LogP contribution is 2.08. The third kappa shape index (κ3) is 6.70. The molecule has 0 aliphatic rings. The molecule has 1 aromatic rings. The molecule has 96 valence electrons. The van der Waals surface area contributed by atoms with E-state index in [9.17, 15) is 9.18 Å². The number of hydrogen-bond donors (Lipinski definition) is 0. The summed E-state index contributed by atoms with van der Waals surface area (Å²) in [5.74, 6) is -0.433. The smallest absolute Gasteiger partial charge is 0.163 e. The minimum atomic E-state index is -0.379. The van der Waals surface area contributed by atoms with E-state index in [-0.39, 0.29) is 35.6 Å². The Morgan fingerprint density at radius 1 is 1.41 bits per heavy atom. The third-order valence-electron chi connectivity index (χ3n) is 2.04. The van der Waals surface area contributed by atoms with Crippen molar-refractivity contribution >= 4 is 29.8 Å². The molecule has 0 saturated heterocycles. The van der Waals surface area contributed by atoms with Crippen molar-refractivity contribution in [2.45, 2.75) is 12.8 Å². The average Bonchev–Trinajstić information content (AvgIpc) is 2.24. The molecule has 0 unspecified atom stereocenters. The summed E-state index contributed by atoms with van der Waals surface area (Å²) in [6, 6.07) is 5.75. The molecule has 0 saturated carbocycles. The first-order valence-corrected chi connectivity index (χ1v) is 5.18. The zero-order valence-electron chi connectivity index (χ0n) is 9.98. The van der Waals surface area contributed by atoms with Crippen LogP contribution >= 0.6 is 24.0 Å². The van der Waals surface area contributed by atoms with E-state index in [1.54, 1.807) is 31.3 Å². The van der Waals surface area contributed by atoms with E-state index in [1.165, 1.54) is 12.1 Å². The van der Waals surface area contributed by atoms with Crippen molar-refractivity contribution in [3.63, 3.8) is 0 Å². The Labute approximate surface area is 118 Å². The van der Waals surface area contributed by atoms with Crippen LogP contribution in [-0.2, 0) is 4.84 Å². The molecular weight excluding hydrogens is 336 g/mol. The van der Waals surface area contributed by atoms with Gasteiger partial charge in [-0.15, -0.1) is 24.0 Å². The number of hydroxylamine groups is 2. The first-order valence-electron chi connectivity index (χ1n) is 5.18. The Morgan fingerprint density at radius 3 is 2.71 bits per heavy atom. The summed E-state index contributed by atoms with van der Waals surface area (Å²) >= 11 is 0. The van der Waals surface area contributed by atoms with E-state index in [2.05, 4.69) is 0 Å². The number of nitrogens with zero attached hydrogens (tertiary/aromatic N) is 1. The maximum atomic E-state index is 12.8. The van der Waals surface area contributed by atoms with Gasteiger partial charge < -0.3 is 0 Å². The van der Waals surface area contributed by atoms with Gasteiger partial charge in [0.15, 0.2) is 5.78 Å². The van der Waals surface area contributed by atoms with Crippen LogP contribution in [0.25, 0.3) is 0 Å². The number of rotatable bonds is 6. The van der Waals surface area contributed by atoms with Crippen molar-refractivity contribution in [3.8, 4) is 0 Å². The fourth-order valence-electron chi connectivity index (χ4n) is 1.29. The van der Waals surface area contributed by atoms with Crippen molar-refractivity contribution in [1.29, 1.82) is 0 Å². The molecule has 0 heterocycles. The van der Waals surface area contributed by atoms with Crippen LogP contribution < -0.4 is 0 Å². The summed E-state index contributed by atoms with van der Waals surface area (Å²) in [6.45, 7) is 0.494. The van der Waals surface area contributed by atoms with Gasteiger partial charge in [-0.3, -0.25) is 9.63 Å². The van der Waals surface area contributed by atoms with E-state index in [1.807, 2.05) is 0 Å². The van der Waals surface area contributed by atoms with Gasteiger partial charge in [0, 0.05) is 26.1 Å². The molecule has 0 aliphatic carbocycles. The van der Waals surface area contributed by atoms with Crippen molar-refractivity contribution in [2.75, 3.05) is 20.7 Å². The summed E-state index contributed by atoms with van der Waals surface area (Å²) in [6.07, 6.45) is 1.00. The Morgan fingerprint density at radius 2 is 2.12 bits per heavy atom. The molecule has 0 N–H and O–H groups in total. The third-order valence-corrected chi connectivity index (χ3v) is 2.04. The summed E-state index contributed by atoms with van der Waals surface area (Å²) in [5.41, 5.74) is 0.421. The molecule has 0 fully saturated rings. The Hall–Kier alpha value is -0.530. The predicted molar refractivity (Wildman–Crippen MR) is 75.0 cm³/mol. The van der Waals surface area contributed by atoms with E-state index < -0.39 is 0 Å². The van der Waals surface area contributed by atoms with E-state index in [4.69, 9.17) is 4.84 Å². The highest BCUT2D eigenvalue weighted by Gasteiger charge is 2.06. The second-order valence-electron chi connectivity index (χ2n) is 3.68. The molecule has 5 heteroatoms. The number of hydrogen-bond acceptors (Lipinski definition) is 3. The lowest BCUT2D eigenvalue weighted by molar-refractivity contribution is -0.119. The standard InChI is InChI=1S/C12H16FNO2.HI/c1-14(2)16-8-4-7-12(15)10-5-3-6-11(13)9-10;/h3,5-6,9H,4,7-8H2,1-2H3;1H. The predicted octanol–water partition coefficient (Wildman–Crippen LogP) is 2.90. The molecule has 17 heavy (non-hydrogen) atoms. The van der Waals surface area contributed by atoms with E-state index >= 15 is 0 Å². The second kappa shape index (κ2) is 8.54. The van der Waals surface area contributed by atoms with Gasteiger partial charge >= 0.3 is 0 Å². The molecule has 0 spiro atoms. The lowest BCUT2D eigenvalue weighted by Gasteiger charge is -2.09. The largest absolute Gasteiger partial charge is 0.300 e. The fraction of sp³-hybridized carbons (Fsp3) is 0.417. The molecular formula is C12H17FINO2. The highest BCUT2D eigenvalue weighted by molar-refractivity contribution is 14.0. The maximum Gasteiger partial charge on any atom is 0.163 e. The zero-order chi connectivity index (χ0) is 12.0. The summed E-state index contributed by atoms with van der Waals surface area (Å²) < 4.78 is 12.8. The van der Waals surface area contributed by atoms with Crippen LogP contribution in [0.2, 0.25) is 0 Å². The molecule has 0 bridgehead atoms. The molecule has 1 rings (SSSR count). The van der Waals surface area contributed by atoms with Gasteiger partial charge in [0.25, 0.3) is 0 Å². The maximum absolute atomic E-state index is 12.8. The van der Waals surface area contributed by atoms with Gasteiger partial charge in [0.05, 0.1) is 6.61 Å². The van der Waals surface area contributed by atoms with Crippen LogP contribution in [0.15, 0.2) is 24.3 Å². The summed E-state index contributed by atoms with van der Waals surface area (Å²) in [7, 11) is 3.57. The van der Waals surface area contributed by atoms with Gasteiger partial charge in [-0.05, 0) is 18.6 Å². The number of benzene rings is 1. The number of carbonyl (C=O) groups excluding carboxylic acids is 1. The van der Waals surface area contributed by atoms with Crippen LogP contribution in [-0.4, -0.2) is 31.5 Å². The summed E-state index contributed by atoms with van der Waals surface area (Å²) in [5, 5.41) is 1.59. The minimum Gasteiger partial charge on any atom is -0.300 e. The van der Waals surface area contributed by atoms with E-state index in [0.29, 0.717) is 25.0 Å². The molecule has 0 amide bonds. The Kier molecular flexibility index (Phi) is 8.28. The lowest BCUT2D eigenvalue weighted by atomic mass is 10.1. The number of carbonyl (C=O) groups is 1. The minimum absolute atomic E-state index is 0. The molecule has 3 nitrogen and oxygen atoms in total. The molecule has 0 radical (unpaired) electrons. The molecule has 0 aliphatic heterocycles. The average molecular weight is 353 g/mol. The van der Waals surface area contributed by atoms with Crippen molar-refractivity contribution in [1.82, 2.24) is 5.06 Å². The molecule has 1 aromatic carbocycles. The Balaban J connectivity index is 0.00000256. The number of ketones is 1. The number of halogens is 2. The van der Waals surface area contributed by atoms with Crippen LogP contribution in [0.4, 0.5) is 4.39 Å². The fourth-order valence-corrected chi connectivity index (χ4v) is 1.29. The van der Waals surface area contributed by atoms with Crippen LogP contribution in [0, 0.1) is 5.82 Å². The van der Waals surface area contributed by atoms with Crippen LogP contribution in [0.5, 0.6) is 0 Å². The van der Waals surface area contributed by atoms with Crippen molar-refractivity contribution in [3.05, 3.63) is 35.6 Å². The quantitative estimate of drug-likeness (QED) is 0.341. The van der Waals surface area contributed by atoms with Gasteiger partial charge in [0.2, 0.25) is 0 Å². The summed E-state index contributed by atoms with van der Waals surface area (Å²) in [4.78, 5) is 16.8. The molecule has 0 atom stereocenters. The van der Waals surface area contributed by atoms with Gasteiger partial charge in [-0.1, -0.05) is 12.1 Å². The topological polar surface area (TPSA) is 29.5 Å². The second-order valence-corrected chi connectivity index (χ2v) is 3.68. The zero-order valence-corrected chi connectivity index (χ0v) is 12.3. The number of Topliss-reactive ketones (excluding diaryl/α,β-unsaturated/α-hetero) is 1. The van der Waals surface area contributed by atoms with Gasteiger partial charge in [-0.25, -0.2) is 4.39 Å². The van der Waals surface area contributed by atoms with Crippen molar-refractivity contribution < 1.29 is 14.0 Å². The van der Waals surface area contributed by atoms with Crippen LogP contribution in [0.3, 0.4) is 0 Å². The monoisotopic (exact) mass is 353 g/mol. The Bertz CT molecular complexity index is 358. The van der Waals surface area contributed by atoms with Crippen LogP contribution in [0.1, 0.15) is 23.2 Å². The first kappa shape index (κ1) is 16.5. The SMILES string of the molecule is CN(C)OCCCC(=O)c1cccc(F)c1.I. The normalized spacial score (nSPS) is 10.1. The first-order chi connectivity index (χ1) is 7.59. The van der Waals surface area contributed by atoms with E-state index in [0.717, 1.165) is 0 Å². The van der Waals surface area contributed by atoms with Gasteiger partial charge in [0.1, 0.15) is 5.82 Å². The molecule has 0 aromatic heterocycles. The highest BCUT2D eigenvalue weighted by atomic mass is 127.